The fourth-order valence-electron chi connectivity index (χ4n) is 0.412. The Balaban J connectivity index is 2.80. The summed E-state index contributed by atoms with van der Waals surface area (Å²) in [4.78, 5) is 3.99. The van der Waals surface area contributed by atoms with Crippen molar-refractivity contribution in [2.45, 2.75) is 5.03 Å². The summed E-state index contributed by atoms with van der Waals surface area (Å²) in [6.07, 6.45) is 0. The molecule has 0 saturated heterocycles. The summed E-state index contributed by atoms with van der Waals surface area (Å²) in [7, 11) is 0. The van der Waals surface area contributed by atoms with Crippen molar-refractivity contribution in [3.05, 3.63) is 17.5 Å². The molecule has 1 rings (SSSR count). The van der Waals surface area contributed by atoms with E-state index < -0.39 is 0 Å². The van der Waals surface area contributed by atoms with Gasteiger partial charge >= 0.3 is 0 Å². The molecule has 0 radical (unpaired) electrons. The Labute approximate surface area is 61.8 Å². The van der Waals surface area contributed by atoms with Crippen LogP contribution in [-0.2, 0) is 0 Å². The molecule has 1 heterocycles. The lowest BCUT2D eigenvalue weighted by molar-refractivity contribution is 1.22. The van der Waals surface area contributed by atoms with Crippen LogP contribution in [0.3, 0.4) is 0 Å². The second kappa shape index (κ2) is 2.89. The van der Waals surface area contributed by atoms with E-state index in [1.165, 1.54) is 23.1 Å². The number of hydrogen-bond donors (Lipinski definition) is 1. The summed E-state index contributed by atoms with van der Waals surface area (Å²) >= 11 is 2.89. The zero-order valence-corrected chi connectivity index (χ0v) is 6.34. The van der Waals surface area contributed by atoms with E-state index in [9.17, 15) is 0 Å². The number of nitrogens with zero attached hydrogens (tertiary/aromatic N) is 1. The number of nitrogen functional groups attached to an aromatic ring is 1. The molecular weight excluding hydrogens is 152 g/mol. The predicted molar refractivity (Wildman–Crippen MR) is 42.6 cm³/mol. The van der Waals surface area contributed by atoms with E-state index in [4.69, 9.17) is 5.73 Å². The van der Waals surface area contributed by atoms with Gasteiger partial charge < -0.3 is 5.73 Å². The zero-order valence-electron chi connectivity index (χ0n) is 4.70. The summed E-state index contributed by atoms with van der Waals surface area (Å²) in [5, 5.41) is 3.33. The van der Waals surface area contributed by atoms with Gasteiger partial charge in [-0.15, -0.1) is 11.3 Å². The molecule has 1 aromatic heterocycles. The number of hydrogen-bond acceptors (Lipinski definition) is 4. The summed E-state index contributed by atoms with van der Waals surface area (Å²) < 4.78 is 0. The number of nitrogens with two attached hydrogens (primary N) is 1. The molecule has 9 heavy (non-hydrogen) atoms. The SMILES string of the molecule is C=CSc1ncsc1N. The van der Waals surface area contributed by atoms with E-state index in [1.54, 1.807) is 10.9 Å². The predicted octanol–water partition coefficient (Wildman–Crippen LogP) is 1.96. The van der Waals surface area contributed by atoms with Crippen LogP contribution in [0.1, 0.15) is 0 Å². The van der Waals surface area contributed by atoms with Gasteiger partial charge in [0.05, 0.1) is 5.51 Å². The highest BCUT2D eigenvalue weighted by Crippen LogP contribution is 2.26. The molecule has 0 aromatic carbocycles. The van der Waals surface area contributed by atoms with E-state index in [0.29, 0.717) is 0 Å². The molecule has 0 amide bonds. The molecule has 1 aromatic rings. The smallest absolute Gasteiger partial charge is 0.135 e. The maximum absolute atomic E-state index is 5.51. The Morgan fingerprint density at radius 1 is 1.89 bits per heavy atom. The van der Waals surface area contributed by atoms with Gasteiger partial charge in [-0.2, -0.15) is 0 Å². The van der Waals surface area contributed by atoms with Gasteiger partial charge in [0, 0.05) is 0 Å². The normalized spacial score (nSPS) is 9.33. The van der Waals surface area contributed by atoms with Crippen LogP contribution in [0.15, 0.2) is 22.5 Å². The van der Waals surface area contributed by atoms with E-state index in [-0.39, 0.29) is 0 Å². The van der Waals surface area contributed by atoms with E-state index in [2.05, 4.69) is 11.6 Å². The average Bonchev–Trinajstić information content (AvgIpc) is 2.18. The maximum Gasteiger partial charge on any atom is 0.135 e. The second-order valence-electron chi connectivity index (χ2n) is 1.31. The van der Waals surface area contributed by atoms with Gasteiger partial charge in [-0.05, 0) is 5.41 Å². The molecule has 0 spiro atoms. The van der Waals surface area contributed by atoms with Gasteiger partial charge in [-0.1, -0.05) is 18.3 Å². The first-order chi connectivity index (χ1) is 4.34. The minimum atomic E-state index is 0.764. The van der Waals surface area contributed by atoms with Crippen molar-refractivity contribution < 1.29 is 0 Å². The molecule has 0 bridgehead atoms. The quantitative estimate of drug-likeness (QED) is 0.669. The average molecular weight is 158 g/mol. The van der Waals surface area contributed by atoms with Crippen molar-refractivity contribution in [1.82, 2.24) is 4.98 Å². The number of thiazole rings is 1. The lowest BCUT2D eigenvalue weighted by Gasteiger charge is -1.87. The minimum Gasteiger partial charge on any atom is -0.388 e. The molecule has 4 heteroatoms. The first-order valence-corrected chi connectivity index (χ1v) is 4.07. The van der Waals surface area contributed by atoms with Crippen molar-refractivity contribution in [1.29, 1.82) is 0 Å². The second-order valence-corrected chi connectivity index (χ2v) is 3.15. The third-order valence-corrected chi connectivity index (χ3v) is 2.26. The Morgan fingerprint density at radius 3 is 3.11 bits per heavy atom. The Hall–Kier alpha value is -0.480. The summed E-state index contributed by atoms with van der Waals surface area (Å²) in [6, 6.07) is 0. The molecular formula is C5H6N2S2. The highest BCUT2D eigenvalue weighted by Gasteiger charge is 1.97. The Morgan fingerprint density at radius 2 is 2.67 bits per heavy atom. The van der Waals surface area contributed by atoms with E-state index in [1.807, 2.05) is 0 Å². The van der Waals surface area contributed by atoms with Crippen LogP contribution in [-0.4, -0.2) is 4.98 Å². The molecule has 0 atom stereocenters. The standard InChI is InChI=1S/C5H6N2S2/c1-2-8-5-4(6)9-3-7-5/h2-3H,1,6H2. The van der Waals surface area contributed by atoms with Gasteiger partial charge in [0.25, 0.3) is 0 Å². The zero-order chi connectivity index (χ0) is 6.69. The van der Waals surface area contributed by atoms with Crippen LogP contribution in [0, 0.1) is 0 Å². The first-order valence-electron chi connectivity index (χ1n) is 2.31. The van der Waals surface area contributed by atoms with Crippen molar-refractivity contribution in [2.24, 2.45) is 0 Å². The largest absolute Gasteiger partial charge is 0.388 e. The first kappa shape index (κ1) is 6.64. The monoisotopic (exact) mass is 158 g/mol. The molecule has 0 aliphatic carbocycles. The number of thioether (sulfide) groups is 1. The molecule has 0 unspecified atom stereocenters. The molecule has 2 nitrogen and oxygen atoms in total. The third kappa shape index (κ3) is 1.46. The number of anilines is 1. The van der Waals surface area contributed by atoms with Gasteiger partial charge in [0.1, 0.15) is 10.0 Å². The van der Waals surface area contributed by atoms with Gasteiger partial charge in [0.2, 0.25) is 0 Å². The van der Waals surface area contributed by atoms with Crippen molar-refractivity contribution in [3.63, 3.8) is 0 Å². The van der Waals surface area contributed by atoms with Crippen molar-refractivity contribution >= 4 is 28.1 Å². The molecule has 48 valence electrons. The summed E-state index contributed by atoms with van der Waals surface area (Å²) in [6.45, 7) is 3.55. The fraction of sp³-hybridized carbons (Fsp3) is 0. The van der Waals surface area contributed by atoms with Crippen LogP contribution in [0.25, 0.3) is 0 Å². The molecule has 0 aliphatic rings. The number of aromatic nitrogens is 1. The van der Waals surface area contributed by atoms with Crippen LogP contribution in [0.5, 0.6) is 0 Å². The van der Waals surface area contributed by atoms with Gasteiger partial charge in [-0.3, -0.25) is 0 Å². The molecule has 0 fully saturated rings. The summed E-state index contributed by atoms with van der Waals surface area (Å²) in [5.74, 6) is 0. The highest BCUT2D eigenvalue weighted by molar-refractivity contribution is 8.02. The van der Waals surface area contributed by atoms with E-state index in [0.717, 1.165) is 10.0 Å². The topological polar surface area (TPSA) is 38.9 Å². The summed E-state index contributed by atoms with van der Waals surface area (Å²) in [5.41, 5.74) is 7.24. The van der Waals surface area contributed by atoms with Crippen LogP contribution in [0.2, 0.25) is 0 Å². The Bertz CT molecular complexity index is 206. The molecule has 0 aliphatic heterocycles. The van der Waals surface area contributed by atoms with Crippen LogP contribution >= 0.6 is 23.1 Å². The van der Waals surface area contributed by atoms with Crippen LogP contribution < -0.4 is 5.73 Å². The van der Waals surface area contributed by atoms with Crippen LogP contribution in [0.4, 0.5) is 5.00 Å². The maximum atomic E-state index is 5.51. The van der Waals surface area contributed by atoms with Gasteiger partial charge in [-0.25, -0.2) is 4.98 Å². The third-order valence-electron chi connectivity index (χ3n) is 0.755. The lowest BCUT2D eigenvalue weighted by atomic mass is 10.9. The molecule has 2 N–H and O–H groups in total. The Kier molecular flexibility index (Phi) is 2.13. The fourth-order valence-corrected chi connectivity index (χ4v) is 1.58. The van der Waals surface area contributed by atoms with Gasteiger partial charge in [0.15, 0.2) is 0 Å². The number of rotatable bonds is 2. The van der Waals surface area contributed by atoms with Crippen molar-refractivity contribution in [3.8, 4) is 0 Å². The molecule has 0 saturated carbocycles. The van der Waals surface area contributed by atoms with E-state index >= 15 is 0 Å². The highest BCUT2D eigenvalue weighted by atomic mass is 32.2. The van der Waals surface area contributed by atoms with Crippen molar-refractivity contribution in [2.75, 3.05) is 5.73 Å². The lowest BCUT2D eigenvalue weighted by Crippen LogP contribution is -1.79. The minimum absolute atomic E-state index is 0.764.